The van der Waals surface area contributed by atoms with Crippen LogP contribution in [-0.2, 0) is 22.6 Å². The second-order valence-electron chi connectivity index (χ2n) is 9.76. The lowest BCUT2D eigenvalue weighted by atomic mass is 10.00. The fourth-order valence-corrected chi connectivity index (χ4v) is 4.59. The van der Waals surface area contributed by atoms with Gasteiger partial charge in [0, 0.05) is 23.5 Å². The highest BCUT2D eigenvalue weighted by Gasteiger charge is 2.32. The van der Waals surface area contributed by atoms with E-state index in [1.54, 1.807) is 23.1 Å². The largest absolute Gasteiger partial charge is 0.483 e. The van der Waals surface area contributed by atoms with E-state index in [1.165, 1.54) is 0 Å². The first-order valence-corrected chi connectivity index (χ1v) is 13.0. The second-order valence-corrected chi connectivity index (χ2v) is 11.0. The maximum absolute atomic E-state index is 13.7. The van der Waals surface area contributed by atoms with E-state index in [4.69, 9.17) is 16.3 Å². The number of carbonyl (C=O) groups excluding carboxylic acids is 2. The molecule has 7 heteroatoms. The quantitative estimate of drug-likeness (QED) is 0.326. The van der Waals surface area contributed by atoms with Crippen molar-refractivity contribution in [1.82, 2.24) is 10.2 Å². The van der Waals surface area contributed by atoms with E-state index >= 15 is 0 Å². The Morgan fingerprint density at radius 2 is 1.69 bits per heavy atom. The van der Waals surface area contributed by atoms with Crippen molar-refractivity contribution in [2.24, 2.45) is 0 Å². The summed E-state index contributed by atoms with van der Waals surface area (Å²) in [6, 6.07) is 22.0. The minimum Gasteiger partial charge on any atom is -0.483 e. The van der Waals surface area contributed by atoms with E-state index in [1.807, 2.05) is 82.3 Å². The van der Waals surface area contributed by atoms with Crippen LogP contribution in [0, 0.1) is 6.92 Å². The third-order valence-corrected chi connectivity index (χ3v) is 6.47. The van der Waals surface area contributed by atoms with Gasteiger partial charge >= 0.3 is 0 Å². The van der Waals surface area contributed by atoms with Gasteiger partial charge in [-0.2, -0.15) is 0 Å². The van der Waals surface area contributed by atoms with Crippen LogP contribution in [0.2, 0.25) is 5.02 Å². The van der Waals surface area contributed by atoms with Gasteiger partial charge in [0.1, 0.15) is 11.8 Å². The van der Waals surface area contributed by atoms with Gasteiger partial charge in [-0.1, -0.05) is 66.2 Å². The van der Waals surface area contributed by atoms with Crippen LogP contribution >= 0.6 is 27.5 Å². The Bertz CT molecular complexity index is 1190. The van der Waals surface area contributed by atoms with Crippen LogP contribution in [0.1, 0.15) is 37.5 Å². The second kappa shape index (κ2) is 12.4. The first-order valence-electron chi connectivity index (χ1n) is 11.8. The highest BCUT2D eigenvalue weighted by molar-refractivity contribution is 9.10. The maximum atomic E-state index is 13.7. The molecule has 0 radical (unpaired) electrons. The third-order valence-electron chi connectivity index (χ3n) is 5.62. The number of hydrogen-bond donors (Lipinski definition) is 1. The summed E-state index contributed by atoms with van der Waals surface area (Å²) < 4.78 is 6.51. The third kappa shape index (κ3) is 8.10. The SMILES string of the molecule is Cc1ccccc1CN(C(=O)COc1ccc(Cl)cc1Br)[C@@H](Cc1ccccc1)C(=O)NC(C)(C)C. The zero-order chi connectivity index (χ0) is 26.3. The van der Waals surface area contributed by atoms with Gasteiger partial charge in [0.2, 0.25) is 5.91 Å². The smallest absolute Gasteiger partial charge is 0.261 e. The molecule has 5 nitrogen and oxygen atoms in total. The molecule has 3 aromatic carbocycles. The van der Waals surface area contributed by atoms with Crippen molar-refractivity contribution < 1.29 is 14.3 Å². The first kappa shape index (κ1) is 27.8. The number of hydrogen-bond acceptors (Lipinski definition) is 3. The number of ether oxygens (including phenoxy) is 1. The lowest BCUT2D eigenvalue weighted by Gasteiger charge is -2.34. The fourth-order valence-electron chi connectivity index (χ4n) is 3.79. The monoisotopic (exact) mass is 570 g/mol. The molecule has 0 aliphatic carbocycles. The Hall–Kier alpha value is -2.83. The minimum absolute atomic E-state index is 0.207. The van der Waals surface area contributed by atoms with Crippen LogP contribution < -0.4 is 10.1 Å². The molecule has 0 heterocycles. The number of halogens is 2. The molecule has 36 heavy (non-hydrogen) atoms. The van der Waals surface area contributed by atoms with Crippen molar-refractivity contribution in [3.8, 4) is 5.75 Å². The predicted molar refractivity (Wildman–Crippen MR) is 148 cm³/mol. The fraction of sp³-hybridized carbons (Fsp3) is 0.310. The Morgan fingerprint density at radius 1 is 1.03 bits per heavy atom. The molecule has 1 N–H and O–H groups in total. The van der Waals surface area contributed by atoms with Crippen LogP contribution in [0.3, 0.4) is 0 Å². The minimum atomic E-state index is -0.726. The van der Waals surface area contributed by atoms with Gasteiger partial charge in [-0.25, -0.2) is 0 Å². The Morgan fingerprint density at radius 3 is 2.33 bits per heavy atom. The van der Waals surface area contributed by atoms with Crippen LogP contribution in [-0.4, -0.2) is 34.9 Å². The molecule has 190 valence electrons. The summed E-state index contributed by atoms with van der Waals surface area (Å²) in [5, 5.41) is 3.63. The molecule has 0 aliphatic heterocycles. The summed E-state index contributed by atoms with van der Waals surface area (Å²) in [6.45, 7) is 7.85. The van der Waals surface area contributed by atoms with Crippen LogP contribution in [0.15, 0.2) is 77.3 Å². The van der Waals surface area contributed by atoms with E-state index in [-0.39, 0.29) is 25.0 Å². The summed E-state index contributed by atoms with van der Waals surface area (Å²) >= 11 is 9.46. The lowest BCUT2D eigenvalue weighted by molar-refractivity contribution is -0.143. The van der Waals surface area contributed by atoms with Gasteiger partial charge in [-0.3, -0.25) is 9.59 Å². The number of nitrogens with zero attached hydrogens (tertiary/aromatic N) is 1. The summed E-state index contributed by atoms with van der Waals surface area (Å²) in [5.74, 6) is 0.00778. The molecule has 0 fully saturated rings. The summed E-state index contributed by atoms with van der Waals surface area (Å²) in [6.07, 6.45) is 0.380. The van der Waals surface area contributed by atoms with E-state index in [2.05, 4.69) is 21.2 Å². The van der Waals surface area contributed by atoms with Gasteiger partial charge in [0.25, 0.3) is 5.91 Å². The average Bonchev–Trinajstić information content (AvgIpc) is 2.81. The Balaban J connectivity index is 1.95. The average molecular weight is 572 g/mol. The van der Waals surface area contributed by atoms with Crippen molar-refractivity contribution in [3.05, 3.63) is 99.0 Å². The summed E-state index contributed by atoms with van der Waals surface area (Å²) in [7, 11) is 0. The first-order chi connectivity index (χ1) is 17.0. The van der Waals surface area contributed by atoms with Crippen molar-refractivity contribution in [2.45, 2.75) is 52.2 Å². The number of nitrogens with one attached hydrogen (secondary N) is 1. The number of carbonyl (C=O) groups is 2. The Kier molecular flexibility index (Phi) is 9.57. The van der Waals surface area contributed by atoms with Crippen LogP contribution in [0.4, 0.5) is 0 Å². The Labute approximate surface area is 226 Å². The molecule has 0 spiro atoms. The number of amides is 2. The highest BCUT2D eigenvalue weighted by atomic mass is 79.9. The van der Waals surface area contributed by atoms with E-state index in [9.17, 15) is 9.59 Å². The van der Waals surface area contributed by atoms with Gasteiger partial charge in [-0.05, 0) is 78.5 Å². The van der Waals surface area contributed by atoms with Gasteiger partial charge in [0.15, 0.2) is 6.61 Å². The topological polar surface area (TPSA) is 58.6 Å². The van der Waals surface area contributed by atoms with Gasteiger partial charge in [0.05, 0.1) is 4.47 Å². The molecule has 1 atom stereocenters. The molecule has 2 amide bonds. The molecular weight excluding hydrogens is 540 g/mol. The lowest BCUT2D eigenvalue weighted by Crippen LogP contribution is -2.55. The highest BCUT2D eigenvalue weighted by Crippen LogP contribution is 2.28. The molecule has 0 saturated carbocycles. The molecule has 0 saturated heterocycles. The molecular formula is C29H32BrClN2O3. The van der Waals surface area contributed by atoms with Gasteiger partial charge < -0.3 is 15.0 Å². The zero-order valence-corrected chi connectivity index (χ0v) is 23.4. The van der Waals surface area contributed by atoms with E-state index in [0.29, 0.717) is 21.7 Å². The number of benzene rings is 3. The van der Waals surface area contributed by atoms with Crippen molar-refractivity contribution >= 4 is 39.3 Å². The van der Waals surface area contributed by atoms with Gasteiger partial charge in [-0.15, -0.1) is 0 Å². The molecule has 3 rings (SSSR count). The standard InChI is InChI=1S/C29H32BrClN2O3/c1-20-10-8-9-13-22(20)18-33(27(34)19-36-26-15-14-23(31)17-24(26)30)25(28(35)32-29(2,3)4)16-21-11-6-5-7-12-21/h5-15,17,25H,16,18-19H2,1-4H3,(H,32,35)/t25-/m0/s1. The molecule has 0 aromatic heterocycles. The number of aryl methyl sites for hydroxylation is 1. The molecule has 0 bridgehead atoms. The van der Waals surface area contributed by atoms with Crippen molar-refractivity contribution in [1.29, 1.82) is 0 Å². The van der Waals surface area contributed by atoms with Crippen molar-refractivity contribution in [3.63, 3.8) is 0 Å². The molecule has 3 aromatic rings. The van der Waals surface area contributed by atoms with E-state index < -0.39 is 11.6 Å². The predicted octanol–water partition coefficient (Wildman–Crippen LogP) is 6.34. The molecule has 0 aliphatic rings. The zero-order valence-electron chi connectivity index (χ0n) is 21.1. The van der Waals surface area contributed by atoms with Crippen LogP contribution in [0.25, 0.3) is 0 Å². The van der Waals surface area contributed by atoms with E-state index in [0.717, 1.165) is 16.7 Å². The van der Waals surface area contributed by atoms with Crippen molar-refractivity contribution in [2.75, 3.05) is 6.61 Å². The number of rotatable bonds is 9. The normalized spacial score (nSPS) is 12.1. The summed E-state index contributed by atoms with van der Waals surface area (Å²) in [4.78, 5) is 28.9. The summed E-state index contributed by atoms with van der Waals surface area (Å²) in [5.41, 5.74) is 2.54. The molecule has 0 unspecified atom stereocenters. The maximum Gasteiger partial charge on any atom is 0.261 e. The van der Waals surface area contributed by atoms with Crippen LogP contribution in [0.5, 0.6) is 5.75 Å².